The maximum atomic E-state index is 9.35. The molecular weight excluding hydrogens is 352 g/mol. The van der Waals surface area contributed by atoms with E-state index in [4.69, 9.17) is 9.47 Å². The van der Waals surface area contributed by atoms with Crippen LogP contribution in [0.2, 0.25) is 0 Å². The van der Waals surface area contributed by atoms with Gasteiger partial charge in [-0.1, -0.05) is 52.7 Å². The van der Waals surface area contributed by atoms with Crippen molar-refractivity contribution in [1.82, 2.24) is 0 Å². The fourth-order valence-electron chi connectivity index (χ4n) is 4.20. The number of rotatable bonds is 12. The lowest BCUT2D eigenvalue weighted by atomic mass is 9.87. The Kier molecular flexibility index (Phi) is 9.46. The minimum Gasteiger partial charge on any atom is -0.396 e. The van der Waals surface area contributed by atoms with Gasteiger partial charge in [0.15, 0.2) is 0 Å². The summed E-state index contributed by atoms with van der Waals surface area (Å²) in [5.41, 5.74) is 0.0597. The van der Waals surface area contributed by atoms with Crippen molar-refractivity contribution in [2.45, 2.75) is 116 Å². The van der Waals surface area contributed by atoms with Gasteiger partial charge >= 0.3 is 0 Å². The maximum absolute atomic E-state index is 9.35. The molecule has 4 nitrogen and oxygen atoms in total. The summed E-state index contributed by atoms with van der Waals surface area (Å²) in [7, 11) is 0. The van der Waals surface area contributed by atoms with Gasteiger partial charge in [-0.25, -0.2) is 0 Å². The van der Waals surface area contributed by atoms with Crippen LogP contribution in [0.25, 0.3) is 0 Å². The molecule has 2 aliphatic heterocycles. The minimum absolute atomic E-state index is 0.0299. The summed E-state index contributed by atoms with van der Waals surface area (Å²) >= 11 is 0. The molecule has 2 heterocycles. The molecule has 0 aromatic carbocycles. The maximum Gasteiger partial charge on any atom is 0.0761 e. The quantitative estimate of drug-likeness (QED) is 0.455. The van der Waals surface area contributed by atoms with Crippen molar-refractivity contribution in [2.24, 2.45) is 10.8 Å². The molecule has 2 saturated heterocycles. The van der Waals surface area contributed by atoms with Crippen molar-refractivity contribution < 1.29 is 19.7 Å². The van der Waals surface area contributed by atoms with Crippen molar-refractivity contribution in [3.05, 3.63) is 12.2 Å². The fraction of sp³-hybridized carbons (Fsp3) is 0.917. The third-order valence-corrected chi connectivity index (χ3v) is 6.44. The molecular formula is C24H44O4. The van der Waals surface area contributed by atoms with E-state index < -0.39 is 0 Å². The van der Waals surface area contributed by atoms with Crippen LogP contribution in [0, 0.1) is 10.8 Å². The molecule has 2 N–H and O–H groups in total. The SMILES string of the molecule is CC(C)(CO)CCCC1CCC(/C=C/C2CCC(CCCC(C)(C)CO)O2)O1. The van der Waals surface area contributed by atoms with Gasteiger partial charge < -0.3 is 19.7 Å². The molecule has 2 rings (SSSR count). The van der Waals surface area contributed by atoms with Crippen LogP contribution in [0.4, 0.5) is 0 Å². The first-order chi connectivity index (χ1) is 13.2. The van der Waals surface area contributed by atoms with E-state index in [0.717, 1.165) is 64.2 Å². The van der Waals surface area contributed by atoms with Crippen LogP contribution in [0.5, 0.6) is 0 Å². The normalized spacial score (nSPS) is 29.2. The predicted octanol–water partition coefficient (Wildman–Crippen LogP) is 5.02. The number of aliphatic hydroxyl groups is 2. The van der Waals surface area contributed by atoms with E-state index in [0.29, 0.717) is 12.2 Å². The molecule has 4 unspecified atom stereocenters. The topological polar surface area (TPSA) is 58.9 Å². The summed E-state index contributed by atoms with van der Waals surface area (Å²) < 4.78 is 12.4. The molecule has 0 saturated carbocycles. The van der Waals surface area contributed by atoms with Crippen LogP contribution in [0.15, 0.2) is 12.2 Å². The summed E-state index contributed by atoms with van der Waals surface area (Å²) in [4.78, 5) is 0. The number of aliphatic hydroxyl groups excluding tert-OH is 2. The van der Waals surface area contributed by atoms with Crippen LogP contribution >= 0.6 is 0 Å². The van der Waals surface area contributed by atoms with Gasteiger partial charge in [0.2, 0.25) is 0 Å². The van der Waals surface area contributed by atoms with Crippen molar-refractivity contribution in [3.63, 3.8) is 0 Å². The van der Waals surface area contributed by atoms with Gasteiger partial charge in [-0.3, -0.25) is 0 Å². The lowest BCUT2D eigenvalue weighted by Crippen LogP contribution is -2.18. The first kappa shape index (κ1) is 23.9. The summed E-state index contributed by atoms with van der Waals surface area (Å²) in [5.74, 6) is 0. The highest BCUT2D eigenvalue weighted by molar-refractivity contribution is 4.99. The van der Waals surface area contributed by atoms with E-state index in [9.17, 15) is 10.2 Å². The van der Waals surface area contributed by atoms with Crippen molar-refractivity contribution in [3.8, 4) is 0 Å². The largest absolute Gasteiger partial charge is 0.396 e. The molecule has 0 aromatic heterocycles. The Balaban J connectivity index is 1.60. The lowest BCUT2D eigenvalue weighted by molar-refractivity contribution is 0.0517. The monoisotopic (exact) mass is 396 g/mol. The standard InChI is InChI=1S/C24H44O4/c1-23(2,17-25)15-5-7-19-9-11-21(27-19)13-14-22-12-10-20(28-22)8-6-16-24(3,4)18-26/h13-14,19-22,25-26H,5-12,15-18H2,1-4H3/b14-13+. The molecule has 28 heavy (non-hydrogen) atoms. The van der Waals surface area contributed by atoms with Gasteiger partial charge in [-0.05, 0) is 62.2 Å². The number of ether oxygens (including phenoxy) is 2. The second-order valence-electron chi connectivity index (χ2n) is 10.6. The van der Waals surface area contributed by atoms with E-state index in [1.807, 2.05) is 0 Å². The Bertz CT molecular complexity index is 429. The molecule has 4 heteroatoms. The van der Waals surface area contributed by atoms with E-state index in [-0.39, 0.29) is 36.3 Å². The van der Waals surface area contributed by atoms with Gasteiger partial charge in [0, 0.05) is 13.2 Å². The van der Waals surface area contributed by atoms with Crippen LogP contribution < -0.4 is 0 Å². The smallest absolute Gasteiger partial charge is 0.0761 e. The van der Waals surface area contributed by atoms with Crippen molar-refractivity contribution in [1.29, 1.82) is 0 Å². The van der Waals surface area contributed by atoms with E-state index in [1.165, 1.54) is 0 Å². The molecule has 0 amide bonds. The van der Waals surface area contributed by atoms with Gasteiger partial charge in [-0.2, -0.15) is 0 Å². The van der Waals surface area contributed by atoms with Crippen LogP contribution in [-0.4, -0.2) is 47.8 Å². The van der Waals surface area contributed by atoms with Gasteiger partial charge in [0.1, 0.15) is 0 Å². The second kappa shape index (κ2) is 11.1. The highest BCUT2D eigenvalue weighted by atomic mass is 16.5. The molecule has 4 atom stereocenters. The lowest BCUT2D eigenvalue weighted by Gasteiger charge is -2.22. The van der Waals surface area contributed by atoms with Gasteiger partial charge in [-0.15, -0.1) is 0 Å². The third kappa shape index (κ3) is 8.52. The predicted molar refractivity (Wildman–Crippen MR) is 114 cm³/mol. The third-order valence-electron chi connectivity index (χ3n) is 6.44. The van der Waals surface area contributed by atoms with Crippen LogP contribution in [-0.2, 0) is 9.47 Å². The Morgan fingerprint density at radius 3 is 1.46 bits per heavy atom. The van der Waals surface area contributed by atoms with Crippen molar-refractivity contribution in [2.75, 3.05) is 13.2 Å². The highest BCUT2D eigenvalue weighted by Crippen LogP contribution is 2.30. The van der Waals surface area contributed by atoms with Gasteiger partial charge in [0.05, 0.1) is 24.4 Å². The molecule has 164 valence electrons. The molecule has 0 aliphatic carbocycles. The molecule has 2 aliphatic rings. The Morgan fingerprint density at radius 1 is 0.714 bits per heavy atom. The molecule has 2 fully saturated rings. The Labute approximate surface area is 172 Å². The zero-order valence-electron chi connectivity index (χ0n) is 18.7. The summed E-state index contributed by atoms with van der Waals surface area (Å²) in [6.07, 6.45) is 16.7. The molecule has 0 spiro atoms. The van der Waals surface area contributed by atoms with E-state index in [2.05, 4.69) is 39.8 Å². The Hall–Kier alpha value is -0.420. The number of hydrogen-bond acceptors (Lipinski definition) is 4. The average molecular weight is 397 g/mol. The first-order valence-corrected chi connectivity index (χ1v) is 11.4. The van der Waals surface area contributed by atoms with Crippen LogP contribution in [0.3, 0.4) is 0 Å². The zero-order chi connectivity index (χ0) is 20.6. The molecule has 0 bridgehead atoms. The first-order valence-electron chi connectivity index (χ1n) is 11.4. The summed E-state index contributed by atoms with van der Waals surface area (Å²) in [5, 5.41) is 18.7. The molecule has 0 aromatic rings. The Morgan fingerprint density at radius 2 is 1.11 bits per heavy atom. The van der Waals surface area contributed by atoms with Crippen molar-refractivity contribution >= 4 is 0 Å². The van der Waals surface area contributed by atoms with Crippen LogP contribution in [0.1, 0.15) is 91.9 Å². The number of hydrogen-bond donors (Lipinski definition) is 2. The fourth-order valence-corrected chi connectivity index (χ4v) is 4.20. The minimum atomic E-state index is 0.0299. The average Bonchev–Trinajstić information content (AvgIpc) is 3.29. The van der Waals surface area contributed by atoms with Gasteiger partial charge in [0.25, 0.3) is 0 Å². The highest BCUT2D eigenvalue weighted by Gasteiger charge is 2.27. The van der Waals surface area contributed by atoms with E-state index in [1.54, 1.807) is 0 Å². The zero-order valence-corrected chi connectivity index (χ0v) is 18.7. The van der Waals surface area contributed by atoms with E-state index >= 15 is 0 Å². The second-order valence-corrected chi connectivity index (χ2v) is 10.6. The summed E-state index contributed by atoms with van der Waals surface area (Å²) in [6, 6.07) is 0. The molecule has 0 radical (unpaired) electrons. The summed E-state index contributed by atoms with van der Waals surface area (Å²) in [6.45, 7) is 9.00.